The van der Waals surface area contributed by atoms with E-state index in [9.17, 15) is 4.79 Å². The van der Waals surface area contributed by atoms with Crippen LogP contribution in [0.3, 0.4) is 0 Å². The molecule has 1 atom stereocenters. The Morgan fingerprint density at radius 3 is 2.53 bits per heavy atom. The summed E-state index contributed by atoms with van der Waals surface area (Å²) >= 11 is 0. The van der Waals surface area contributed by atoms with E-state index in [4.69, 9.17) is 9.47 Å². The number of hydrogen-bond acceptors (Lipinski definition) is 4. The van der Waals surface area contributed by atoms with Gasteiger partial charge in [-0.1, -0.05) is 6.92 Å². The zero-order valence-electron chi connectivity index (χ0n) is 12.8. The van der Waals surface area contributed by atoms with Crippen molar-refractivity contribution in [2.75, 3.05) is 26.3 Å². The van der Waals surface area contributed by atoms with Gasteiger partial charge in [-0.3, -0.25) is 0 Å². The van der Waals surface area contributed by atoms with Crippen LogP contribution in [0, 0.1) is 5.41 Å². The number of ether oxygens (including phenoxy) is 2. The highest BCUT2D eigenvalue weighted by molar-refractivity contribution is 5.67. The van der Waals surface area contributed by atoms with E-state index < -0.39 is 5.60 Å². The lowest BCUT2D eigenvalue weighted by Crippen LogP contribution is -2.48. The van der Waals surface area contributed by atoms with Crippen molar-refractivity contribution in [1.82, 2.24) is 10.6 Å². The van der Waals surface area contributed by atoms with E-state index in [1.807, 2.05) is 27.7 Å². The van der Waals surface area contributed by atoms with Crippen molar-refractivity contribution in [3.05, 3.63) is 0 Å². The van der Waals surface area contributed by atoms with Gasteiger partial charge in [0.2, 0.25) is 0 Å². The molecule has 1 amide bonds. The van der Waals surface area contributed by atoms with Crippen molar-refractivity contribution in [1.29, 1.82) is 0 Å². The van der Waals surface area contributed by atoms with Gasteiger partial charge in [0, 0.05) is 18.0 Å². The molecule has 1 unspecified atom stereocenters. The van der Waals surface area contributed by atoms with Gasteiger partial charge in [0.05, 0.1) is 13.2 Å². The molecule has 1 fully saturated rings. The summed E-state index contributed by atoms with van der Waals surface area (Å²) in [7, 11) is 0. The van der Waals surface area contributed by atoms with Crippen LogP contribution in [0.5, 0.6) is 0 Å². The van der Waals surface area contributed by atoms with Crippen LogP contribution in [0.25, 0.3) is 0 Å². The Morgan fingerprint density at radius 1 is 1.42 bits per heavy atom. The first-order chi connectivity index (χ1) is 8.70. The Hall–Kier alpha value is -0.810. The number of nitrogens with one attached hydrogen (secondary N) is 2. The number of carbonyl (C=O) groups is 1. The van der Waals surface area contributed by atoms with Gasteiger partial charge in [0.25, 0.3) is 0 Å². The fourth-order valence-electron chi connectivity index (χ4n) is 1.84. The predicted octanol–water partition coefficient (Wildman–Crippen LogP) is 1.92. The van der Waals surface area contributed by atoms with Crippen LogP contribution >= 0.6 is 0 Å². The fraction of sp³-hybridized carbons (Fsp3) is 0.929. The number of hydrogen-bond donors (Lipinski definition) is 2. The van der Waals surface area contributed by atoms with Crippen LogP contribution in [0.4, 0.5) is 4.79 Å². The molecule has 1 aliphatic rings. The summed E-state index contributed by atoms with van der Waals surface area (Å²) in [5.41, 5.74) is -0.150. The van der Waals surface area contributed by atoms with Gasteiger partial charge in [-0.15, -0.1) is 0 Å². The standard InChI is InChI=1S/C14H28N2O3/c1-11(16-12(17)19-13(2,3)4)6-7-15-8-14(5)9-18-10-14/h11,15H,6-10H2,1-5H3,(H,16,17). The molecule has 1 saturated heterocycles. The zero-order valence-corrected chi connectivity index (χ0v) is 12.8. The van der Waals surface area contributed by atoms with Crippen LogP contribution in [0.1, 0.15) is 41.0 Å². The lowest BCUT2D eigenvalue weighted by atomic mass is 9.89. The second kappa shape index (κ2) is 6.57. The average molecular weight is 272 g/mol. The van der Waals surface area contributed by atoms with Crippen LogP contribution in [0.2, 0.25) is 0 Å². The molecule has 0 spiro atoms. The Balaban J connectivity index is 2.07. The normalized spacial score (nSPS) is 19.4. The van der Waals surface area contributed by atoms with E-state index in [-0.39, 0.29) is 12.1 Å². The van der Waals surface area contributed by atoms with Gasteiger partial charge in [-0.05, 0) is 40.7 Å². The Kier molecular flexibility index (Phi) is 5.62. The minimum atomic E-state index is -0.444. The Morgan fingerprint density at radius 2 is 2.05 bits per heavy atom. The maximum absolute atomic E-state index is 11.5. The van der Waals surface area contributed by atoms with Crippen LogP contribution < -0.4 is 10.6 Å². The molecule has 1 aliphatic heterocycles. The minimum Gasteiger partial charge on any atom is -0.444 e. The van der Waals surface area contributed by atoms with Crippen LogP contribution in [-0.4, -0.2) is 44.0 Å². The topological polar surface area (TPSA) is 59.6 Å². The summed E-state index contributed by atoms with van der Waals surface area (Å²) in [6, 6.07) is 0.104. The fourth-order valence-corrected chi connectivity index (χ4v) is 1.84. The van der Waals surface area contributed by atoms with Gasteiger partial charge in [-0.2, -0.15) is 0 Å². The first kappa shape index (κ1) is 16.2. The summed E-state index contributed by atoms with van der Waals surface area (Å²) in [4.78, 5) is 11.5. The summed E-state index contributed by atoms with van der Waals surface area (Å²) < 4.78 is 10.4. The van der Waals surface area contributed by atoms with E-state index in [1.165, 1.54) is 0 Å². The third-order valence-corrected chi connectivity index (χ3v) is 2.97. The Bertz CT molecular complexity index is 296. The first-order valence-corrected chi connectivity index (χ1v) is 6.98. The van der Waals surface area contributed by atoms with Gasteiger partial charge in [0.1, 0.15) is 5.60 Å². The largest absolute Gasteiger partial charge is 0.444 e. The van der Waals surface area contributed by atoms with E-state index in [0.717, 1.165) is 32.7 Å². The second-order valence-electron chi connectivity index (χ2n) is 6.82. The maximum atomic E-state index is 11.5. The molecule has 112 valence electrons. The van der Waals surface area contributed by atoms with Gasteiger partial charge < -0.3 is 20.1 Å². The molecule has 5 heteroatoms. The van der Waals surface area contributed by atoms with E-state index >= 15 is 0 Å². The molecule has 2 N–H and O–H groups in total. The molecule has 0 radical (unpaired) electrons. The third-order valence-electron chi connectivity index (χ3n) is 2.97. The predicted molar refractivity (Wildman–Crippen MR) is 75.2 cm³/mol. The number of alkyl carbamates (subject to hydrolysis) is 1. The second-order valence-corrected chi connectivity index (χ2v) is 6.82. The SMILES string of the molecule is CC(CCNCC1(C)COC1)NC(=O)OC(C)(C)C. The summed E-state index contributed by atoms with van der Waals surface area (Å²) in [6.45, 7) is 13.3. The van der Waals surface area contributed by atoms with E-state index in [2.05, 4.69) is 17.6 Å². The highest BCUT2D eigenvalue weighted by atomic mass is 16.6. The quantitative estimate of drug-likeness (QED) is 0.725. The van der Waals surface area contributed by atoms with Gasteiger partial charge >= 0.3 is 6.09 Å². The van der Waals surface area contributed by atoms with Gasteiger partial charge in [0.15, 0.2) is 0 Å². The summed E-state index contributed by atoms with van der Waals surface area (Å²) in [6.07, 6.45) is 0.537. The number of rotatable bonds is 6. The van der Waals surface area contributed by atoms with Crippen molar-refractivity contribution < 1.29 is 14.3 Å². The van der Waals surface area contributed by atoms with E-state index in [0.29, 0.717) is 5.41 Å². The van der Waals surface area contributed by atoms with Crippen molar-refractivity contribution in [2.45, 2.75) is 52.7 Å². The molecule has 0 bridgehead atoms. The molecular weight excluding hydrogens is 244 g/mol. The average Bonchev–Trinajstić information content (AvgIpc) is 2.18. The zero-order chi connectivity index (χ0) is 14.5. The van der Waals surface area contributed by atoms with Crippen molar-refractivity contribution in [3.8, 4) is 0 Å². The molecule has 0 aromatic carbocycles. The first-order valence-electron chi connectivity index (χ1n) is 6.98. The maximum Gasteiger partial charge on any atom is 0.407 e. The van der Waals surface area contributed by atoms with Gasteiger partial charge in [-0.25, -0.2) is 4.79 Å². The lowest BCUT2D eigenvalue weighted by molar-refractivity contribution is -0.0989. The number of amides is 1. The lowest BCUT2D eigenvalue weighted by Gasteiger charge is -2.38. The highest BCUT2D eigenvalue weighted by Crippen LogP contribution is 2.24. The van der Waals surface area contributed by atoms with Crippen molar-refractivity contribution in [3.63, 3.8) is 0 Å². The molecule has 0 saturated carbocycles. The molecule has 1 rings (SSSR count). The molecule has 0 aromatic rings. The molecule has 0 aromatic heterocycles. The molecule has 5 nitrogen and oxygen atoms in total. The smallest absolute Gasteiger partial charge is 0.407 e. The van der Waals surface area contributed by atoms with Crippen molar-refractivity contribution in [2.24, 2.45) is 5.41 Å². The minimum absolute atomic E-state index is 0.104. The molecule has 1 heterocycles. The van der Waals surface area contributed by atoms with Crippen molar-refractivity contribution >= 4 is 6.09 Å². The molecule has 19 heavy (non-hydrogen) atoms. The molecule has 0 aliphatic carbocycles. The molecular formula is C14H28N2O3. The monoisotopic (exact) mass is 272 g/mol. The number of carbonyl (C=O) groups excluding carboxylic acids is 1. The summed E-state index contributed by atoms with van der Waals surface area (Å²) in [5, 5.41) is 6.24. The summed E-state index contributed by atoms with van der Waals surface area (Å²) in [5.74, 6) is 0. The highest BCUT2D eigenvalue weighted by Gasteiger charge is 2.32. The van der Waals surface area contributed by atoms with E-state index in [1.54, 1.807) is 0 Å². The van der Waals surface area contributed by atoms with Crippen LogP contribution in [-0.2, 0) is 9.47 Å². The van der Waals surface area contributed by atoms with Crippen LogP contribution in [0.15, 0.2) is 0 Å². The third kappa shape index (κ3) is 6.78. The Labute approximate surface area is 116 Å².